The molecule has 2 atom stereocenters. The summed E-state index contributed by atoms with van der Waals surface area (Å²) in [6, 6.07) is 15.8. The van der Waals surface area contributed by atoms with Crippen LogP contribution in [0.1, 0.15) is 278 Å². The average Bonchev–Trinajstić information content (AvgIpc) is 3.93. The third kappa shape index (κ3) is 8.92. The Kier molecular flexibility index (Phi) is 14.8. The van der Waals surface area contributed by atoms with Gasteiger partial charge in [-0.2, -0.15) is 0 Å². The Bertz CT molecular complexity index is 2350. The molecule has 398 valence electrons. The number of rotatable bonds is 8. The van der Waals surface area contributed by atoms with Crippen molar-refractivity contribution in [2.75, 3.05) is 0 Å². The van der Waals surface area contributed by atoms with Crippen LogP contribution in [0.15, 0.2) is 47.5 Å². The fraction of sp³-hybridized carbons (Fsp3) is 0.765. The predicted octanol–water partition coefficient (Wildman–Crippen LogP) is 22.1. The van der Waals surface area contributed by atoms with Crippen LogP contribution in [0, 0.1) is 57.2 Å². The van der Waals surface area contributed by atoms with E-state index in [4.69, 9.17) is 0 Å². The van der Waals surface area contributed by atoms with E-state index in [-0.39, 0.29) is 39.7 Å². The van der Waals surface area contributed by atoms with Crippen molar-refractivity contribution in [3.05, 3.63) is 80.9 Å². The summed E-state index contributed by atoms with van der Waals surface area (Å²) in [5, 5.41) is 0. The van der Waals surface area contributed by atoms with Gasteiger partial charge in [0.05, 0.1) is 0 Å². The summed E-state index contributed by atoms with van der Waals surface area (Å²) in [7, 11) is 20.5. The topological polar surface area (TPSA) is 0 Å². The van der Waals surface area contributed by atoms with Crippen molar-refractivity contribution in [3.63, 3.8) is 0 Å². The molecule has 0 nitrogen and oxygen atoms in total. The normalized spacial score (nSPS) is 42.1. The summed E-state index contributed by atoms with van der Waals surface area (Å²) in [4.78, 5) is 0. The standard InChI is InChI=1S/2C33H49.C2H6Si.2ClH.Zr/c2*1-23-10-16-31(4,17-11-23)28-9-7-8-26-27(28)22-29(32(5)18-12-24(2)13-19-32)30(26)33(6)20-14-25(3)15-21-33;1-3-2;;;/h2*7-9,22-25H,10-21H2,1-6H3;1-2H3;2*1H;/q;;;;;+2/p-2. The molecule has 0 saturated heterocycles. The molecular formula is C68H104Cl2SiZr. The van der Waals surface area contributed by atoms with Crippen LogP contribution in [0.4, 0.5) is 0 Å². The van der Waals surface area contributed by atoms with E-state index in [0.29, 0.717) is 0 Å². The number of benzene rings is 2. The third-order valence-corrected chi connectivity index (χ3v) is 70.6. The summed E-state index contributed by atoms with van der Waals surface area (Å²) in [5.74, 6) is 4.71. The Hall–Kier alpha value is -0.400. The van der Waals surface area contributed by atoms with Gasteiger partial charge in [-0.1, -0.05) is 0 Å². The van der Waals surface area contributed by atoms with E-state index in [1.807, 2.05) is 11.1 Å². The zero-order chi connectivity index (χ0) is 51.6. The molecule has 2 unspecified atom stereocenters. The van der Waals surface area contributed by atoms with Gasteiger partial charge in [-0.05, 0) is 0 Å². The Labute approximate surface area is 451 Å². The van der Waals surface area contributed by atoms with Gasteiger partial charge >= 0.3 is 455 Å². The van der Waals surface area contributed by atoms with Crippen LogP contribution < -0.4 is 0 Å². The maximum atomic E-state index is 10.3. The second kappa shape index (κ2) is 19.5. The fourth-order valence-electron chi connectivity index (χ4n) is 18.5. The molecule has 0 spiro atoms. The van der Waals surface area contributed by atoms with Crippen LogP contribution >= 0.6 is 17.0 Å². The molecule has 6 fully saturated rings. The number of hydrogen-bond acceptors (Lipinski definition) is 0. The molecule has 0 radical (unpaired) electrons. The van der Waals surface area contributed by atoms with Crippen LogP contribution in [0.25, 0.3) is 11.1 Å². The number of fused-ring (bicyclic) bond motifs is 2. The first-order chi connectivity index (χ1) is 33.8. The molecule has 10 rings (SSSR count). The van der Waals surface area contributed by atoms with Crippen molar-refractivity contribution in [2.24, 2.45) is 57.2 Å². The van der Waals surface area contributed by atoms with Crippen molar-refractivity contribution < 1.29 is 15.0 Å². The molecular weight excluding hydrogens is 1010 g/mol. The van der Waals surface area contributed by atoms with Crippen LogP contribution in [0.5, 0.6) is 0 Å². The van der Waals surface area contributed by atoms with Crippen LogP contribution in [-0.4, -0.2) is 5.43 Å². The molecule has 2 aromatic carbocycles. The van der Waals surface area contributed by atoms with Gasteiger partial charge in [0.1, 0.15) is 0 Å². The Morgan fingerprint density at radius 1 is 0.375 bits per heavy atom. The van der Waals surface area contributed by atoms with E-state index in [1.54, 1.807) is 44.5 Å². The number of allylic oxidation sites excluding steroid dienone is 4. The van der Waals surface area contributed by atoms with Crippen molar-refractivity contribution in [2.45, 2.75) is 268 Å². The zero-order valence-electron chi connectivity index (χ0n) is 48.8. The molecule has 0 amide bonds. The second-order valence-electron chi connectivity index (χ2n) is 30.6. The Morgan fingerprint density at radius 3 is 0.861 bits per heavy atom. The van der Waals surface area contributed by atoms with E-state index in [9.17, 15) is 17.0 Å². The molecule has 0 aromatic heterocycles. The molecule has 8 aliphatic carbocycles. The summed E-state index contributed by atoms with van der Waals surface area (Å²) >= 11 is -5.64. The van der Waals surface area contributed by atoms with Crippen molar-refractivity contribution in [1.29, 1.82) is 0 Å². The van der Waals surface area contributed by atoms with Gasteiger partial charge in [0.15, 0.2) is 0 Å². The maximum absolute atomic E-state index is 10.3. The molecule has 0 aliphatic heterocycles. The van der Waals surface area contributed by atoms with Gasteiger partial charge in [0, 0.05) is 0 Å². The van der Waals surface area contributed by atoms with Crippen molar-refractivity contribution >= 4 is 33.6 Å². The van der Waals surface area contributed by atoms with Gasteiger partial charge in [0.2, 0.25) is 0 Å². The first-order valence-corrected chi connectivity index (χ1v) is 46.3. The van der Waals surface area contributed by atoms with Gasteiger partial charge in [-0.25, -0.2) is 0 Å². The molecule has 2 aromatic rings. The van der Waals surface area contributed by atoms with Crippen LogP contribution in [0.2, 0.25) is 13.1 Å². The Morgan fingerprint density at radius 2 is 0.611 bits per heavy atom. The summed E-state index contributed by atoms with van der Waals surface area (Å²) < 4.78 is 0.241. The minimum absolute atomic E-state index is 0.0574. The quantitative estimate of drug-likeness (QED) is 0.231. The molecule has 6 saturated carbocycles. The Balaban J connectivity index is 1.37. The number of hydrogen-bond donors (Lipinski definition) is 0. The molecule has 72 heavy (non-hydrogen) atoms. The van der Waals surface area contributed by atoms with Gasteiger partial charge in [-0.15, -0.1) is 0 Å². The summed E-state index contributed by atoms with van der Waals surface area (Å²) in [6.45, 7) is 37.2. The molecule has 0 bridgehead atoms. The van der Waals surface area contributed by atoms with E-state index >= 15 is 0 Å². The van der Waals surface area contributed by atoms with E-state index in [2.05, 4.69) is 133 Å². The van der Waals surface area contributed by atoms with E-state index in [1.165, 1.54) is 154 Å². The minimum atomic E-state index is -5.64. The van der Waals surface area contributed by atoms with Crippen LogP contribution in [0.3, 0.4) is 0 Å². The summed E-state index contributed by atoms with van der Waals surface area (Å²) in [5.41, 5.74) is 16.4. The van der Waals surface area contributed by atoms with Gasteiger partial charge in [0.25, 0.3) is 0 Å². The predicted molar refractivity (Wildman–Crippen MR) is 314 cm³/mol. The summed E-state index contributed by atoms with van der Waals surface area (Å²) in [6.07, 6.45) is 31.1. The first-order valence-electron chi connectivity index (χ1n) is 31.0. The molecule has 8 aliphatic rings. The SMILES string of the molecule is CC1CCC(C)(C2=C(C3(C)CCC(C)CC3)[CH]([Zr]([Cl])([Cl])([CH]3C(C4(C)CCC(C)CC4)=C(C4(C)CCC(C)CC4)c4cccc(C5(C)CCC(C)CC5)c43)=[Si](C)C)c3c2cccc3C2(C)CCC(C)CC2)CC1. The van der Waals surface area contributed by atoms with Crippen molar-refractivity contribution in [1.82, 2.24) is 0 Å². The van der Waals surface area contributed by atoms with Crippen molar-refractivity contribution in [3.8, 4) is 0 Å². The van der Waals surface area contributed by atoms with E-state index < -0.39 is 20.4 Å². The first kappa shape index (κ1) is 54.9. The second-order valence-corrected chi connectivity index (χ2v) is 69.4. The number of halogens is 2. The van der Waals surface area contributed by atoms with Gasteiger partial charge in [-0.3, -0.25) is 0 Å². The van der Waals surface area contributed by atoms with Crippen LogP contribution in [-0.2, 0) is 25.8 Å². The third-order valence-electron chi connectivity index (χ3n) is 24.5. The molecule has 0 heterocycles. The molecule has 0 N–H and O–H groups in total. The fourth-order valence-corrected chi connectivity index (χ4v) is 46.7. The molecule has 4 heteroatoms. The monoisotopic (exact) mass is 1110 g/mol. The zero-order valence-corrected chi connectivity index (χ0v) is 53.8. The average molecular weight is 1110 g/mol. The van der Waals surface area contributed by atoms with E-state index in [0.717, 1.165) is 35.5 Å². The van der Waals surface area contributed by atoms with Gasteiger partial charge < -0.3 is 0 Å².